The zero-order chi connectivity index (χ0) is 17.8. The van der Waals surface area contributed by atoms with Crippen LogP contribution in [-0.2, 0) is 11.8 Å². The number of aryl methyl sites for hydroxylation is 1. The van der Waals surface area contributed by atoms with Crippen molar-refractivity contribution in [3.8, 4) is 0 Å². The minimum absolute atomic E-state index is 0.0234. The number of likely N-dealkylation sites (tertiary alicyclic amines) is 1. The van der Waals surface area contributed by atoms with Crippen LogP contribution in [0.2, 0.25) is 0 Å². The van der Waals surface area contributed by atoms with E-state index in [4.69, 9.17) is 0 Å². The maximum Gasteiger partial charge on any atom is 0.226 e. The molecule has 4 nitrogen and oxygen atoms in total. The van der Waals surface area contributed by atoms with Crippen LogP contribution < -0.4 is 0 Å². The molecular formula is C20H25FN2O2. The fourth-order valence-electron chi connectivity index (χ4n) is 3.65. The quantitative estimate of drug-likeness (QED) is 0.918. The number of nitrogens with zero attached hydrogens (tertiary/aromatic N) is 2. The summed E-state index contributed by atoms with van der Waals surface area (Å²) in [7, 11) is 1.99. The summed E-state index contributed by atoms with van der Waals surface area (Å²) in [5.41, 5.74) is 1.56. The molecule has 0 radical (unpaired) electrons. The lowest BCUT2D eigenvalue weighted by Gasteiger charge is -2.31. The van der Waals surface area contributed by atoms with Crippen molar-refractivity contribution < 1.29 is 14.3 Å². The Morgan fingerprint density at radius 2 is 2.12 bits per heavy atom. The first kappa shape index (κ1) is 17.7. The lowest BCUT2D eigenvalue weighted by Crippen LogP contribution is -2.36. The van der Waals surface area contributed by atoms with E-state index in [-0.39, 0.29) is 18.4 Å². The summed E-state index contributed by atoms with van der Waals surface area (Å²) < 4.78 is 15.4. The third-order valence-electron chi connectivity index (χ3n) is 5.00. The first-order valence-corrected chi connectivity index (χ1v) is 8.90. The van der Waals surface area contributed by atoms with E-state index >= 15 is 0 Å². The molecule has 25 heavy (non-hydrogen) atoms. The third kappa shape index (κ3) is 4.10. The molecule has 1 aliphatic heterocycles. The smallest absolute Gasteiger partial charge is 0.226 e. The first-order valence-electron chi connectivity index (χ1n) is 8.90. The molecule has 2 aromatic rings. The fourth-order valence-corrected chi connectivity index (χ4v) is 3.65. The van der Waals surface area contributed by atoms with E-state index in [0.29, 0.717) is 12.1 Å². The van der Waals surface area contributed by atoms with Gasteiger partial charge in [-0.3, -0.25) is 4.79 Å². The molecule has 2 heterocycles. The molecule has 1 aliphatic rings. The molecule has 0 saturated carbocycles. The van der Waals surface area contributed by atoms with Crippen molar-refractivity contribution in [1.29, 1.82) is 0 Å². The molecule has 1 saturated heterocycles. The second-order valence-electron chi connectivity index (χ2n) is 6.77. The Kier molecular flexibility index (Phi) is 5.53. The normalized spacial score (nSPS) is 19.5. The molecular weight excluding hydrogens is 319 g/mol. The van der Waals surface area contributed by atoms with Gasteiger partial charge in [0.25, 0.3) is 0 Å². The van der Waals surface area contributed by atoms with Gasteiger partial charge in [-0.1, -0.05) is 25.0 Å². The van der Waals surface area contributed by atoms with Crippen LogP contribution in [0.3, 0.4) is 0 Å². The number of rotatable bonds is 4. The van der Waals surface area contributed by atoms with Gasteiger partial charge in [-0.05, 0) is 42.7 Å². The zero-order valence-corrected chi connectivity index (χ0v) is 14.6. The summed E-state index contributed by atoms with van der Waals surface area (Å²) in [6, 6.07) is 9.90. The minimum Gasteiger partial charge on any atom is -0.388 e. The molecule has 1 amide bonds. The van der Waals surface area contributed by atoms with Gasteiger partial charge in [-0.25, -0.2) is 4.39 Å². The number of aliphatic hydroxyl groups is 1. The first-order chi connectivity index (χ1) is 12.1. The maximum absolute atomic E-state index is 13.4. The molecule has 134 valence electrons. The highest BCUT2D eigenvalue weighted by molar-refractivity contribution is 5.77. The molecule has 3 rings (SSSR count). The van der Waals surface area contributed by atoms with Crippen molar-refractivity contribution in [3.63, 3.8) is 0 Å². The zero-order valence-electron chi connectivity index (χ0n) is 14.6. The van der Waals surface area contributed by atoms with Crippen LogP contribution in [0.25, 0.3) is 0 Å². The number of halogens is 1. The molecule has 2 unspecified atom stereocenters. The van der Waals surface area contributed by atoms with Crippen LogP contribution in [-0.4, -0.2) is 27.0 Å². The van der Waals surface area contributed by atoms with Crippen molar-refractivity contribution in [1.82, 2.24) is 9.47 Å². The van der Waals surface area contributed by atoms with Crippen LogP contribution in [0.5, 0.6) is 0 Å². The second kappa shape index (κ2) is 7.83. The maximum atomic E-state index is 13.4. The number of carbonyl (C=O) groups is 1. The van der Waals surface area contributed by atoms with E-state index in [0.717, 1.165) is 31.4 Å². The summed E-state index contributed by atoms with van der Waals surface area (Å²) in [5, 5.41) is 10.4. The van der Waals surface area contributed by atoms with E-state index in [1.807, 2.05) is 24.2 Å². The number of carbonyl (C=O) groups excluding carboxylic acids is 1. The van der Waals surface area contributed by atoms with E-state index < -0.39 is 11.9 Å². The average molecular weight is 344 g/mol. The number of aromatic nitrogens is 1. The van der Waals surface area contributed by atoms with Gasteiger partial charge in [0.1, 0.15) is 5.82 Å². The number of amides is 1. The molecule has 1 aromatic carbocycles. The van der Waals surface area contributed by atoms with Gasteiger partial charge in [0.15, 0.2) is 0 Å². The Morgan fingerprint density at radius 3 is 2.84 bits per heavy atom. The standard InChI is InChI=1S/C20H25FN2O2/c1-22-11-6-10-17(22)18-9-3-2-4-12-23(18)20(25)14-19(24)15-7-5-8-16(21)13-15/h5-8,10-11,13,18-19,24H,2-4,9,12,14H2,1H3. The lowest BCUT2D eigenvalue weighted by atomic mass is 10.0. The highest BCUT2D eigenvalue weighted by Crippen LogP contribution is 2.32. The predicted molar refractivity (Wildman–Crippen MR) is 94.3 cm³/mol. The summed E-state index contributed by atoms with van der Waals surface area (Å²) in [6.45, 7) is 0.699. The van der Waals surface area contributed by atoms with Crippen molar-refractivity contribution in [2.75, 3.05) is 6.54 Å². The van der Waals surface area contributed by atoms with Crippen molar-refractivity contribution >= 4 is 5.91 Å². The summed E-state index contributed by atoms with van der Waals surface area (Å²) >= 11 is 0. The topological polar surface area (TPSA) is 45.5 Å². The SMILES string of the molecule is Cn1cccc1C1CCCCCN1C(=O)CC(O)c1cccc(F)c1. The Hall–Kier alpha value is -2.14. The van der Waals surface area contributed by atoms with Crippen LogP contribution in [0.4, 0.5) is 4.39 Å². The molecule has 5 heteroatoms. The van der Waals surface area contributed by atoms with E-state index in [1.54, 1.807) is 12.1 Å². The van der Waals surface area contributed by atoms with Gasteiger partial charge in [0.2, 0.25) is 5.91 Å². The Balaban J connectivity index is 1.77. The monoisotopic (exact) mass is 344 g/mol. The Labute approximate surface area is 147 Å². The molecule has 1 fully saturated rings. The van der Waals surface area contributed by atoms with Gasteiger partial charge < -0.3 is 14.6 Å². The van der Waals surface area contributed by atoms with Crippen LogP contribution >= 0.6 is 0 Å². The van der Waals surface area contributed by atoms with E-state index in [9.17, 15) is 14.3 Å². The summed E-state index contributed by atoms with van der Waals surface area (Å²) in [6.07, 6.45) is 5.08. The van der Waals surface area contributed by atoms with Crippen LogP contribution in [0.1, 0.15) is 55.5 Å². The molecule has 0 spiro atoms. The van der Waals surface area contributed by atoms with Crippen LogP contribution in [0, 0.1) is 5.82 Å². The third-order valence-corrected chi connectivity index (χ3v) is 5.00. The number of hydrogen-bond acceptors (Lipinski definition) is 2. The largest absolute Gasteiger partial charge is 0.388 e. The highest BCUT2D eigenvalue weighted by Gasteiger charge is 2.29. The van der Waals surface area contributed by atoms with Crippen molar-refractivity contribution in [3.05, 3.63) is 59.7 Å². The fraction of sp³-hybridized carbons (Fsp3) is 0.450. The van der Waals surface area contributed by atoms with Crippen molar-refractivity contribution in [2.24, 2.45) is 7.05 Å². The minimum atomic E-state index is -0.986. The molecule has 2 atom stereocenters. The predicted octanol–water partition coefficient (Wildman–Crippen LogP) is 3.73. The van der Waals surface area contributed by atoms with Gasteiger partial charge >= 0.3 is 0 Å². The summed E-state index contributed by atoms with van der Waals surface area (Å²) in [4.78, 5) is 14.8. The van der Waals surface area contributed by atoms with Crippen LogP contribution in [0.15, 0.2) is 42.6 Å². The van der Waals surface area contributed by atoms with Gasteiger partial charge in [-0.15, -0.1) is 0 Å². The van der Waals surface area contributed by atoms with Gasteiger partial charge in [-0.2, -0.15) is 0 Å². The van der Waals surface area contributed by atoms with E-state index in [2.05, 4.69) is 10.6 Å². The Morgan fingerprint density at radius 1 is 1.28 bits per heavy atom. The molecule has 0 bridgehead atoms. The number of hydrogen-bond donors (Lipinski definition) is 1. The summed E-state index contributed by atoms with van der Waals surface area (Å²) in [5.74, 6) is -0.481. The number of aliphatic hydroxyl groups excluding tert-OH is 1. The lowest BCUT2D eigenvalue weighted by molar-refractivity contribution is -0.136. The second-order valence-corrected chi connectivity index (χ2v) is 6.77. The van der Waals surface area contributed by atoms with E-state index in [1.165, 1.54) is 12.1 Å². The molecule has 1 aromatic heterocycles. The van der Waals surface area contributed by atoms with Crippen molar-refractivity contribution in [2.45, 2.75) is 44.2 Å². The Bertz CT molecular complexity index is 728. The average Bonchev–Trinajstić information content (AvgIpc) is 2.87. The number of benzene rings is 1. The van der Waals surface area contributed by atoms with Gasteiger partial charge in [0.05, 0.1) is 18.6 Å². The molecule has 1 N–H and O–H groups in total. The van der Waals surface area contributed by atoms with Gasteiger partial charge in [0, 0.05) is 25.5 Å². The highest BCUT2D eigenvalue weighted by atomic mass is 19.1. The molecule has 0 aliphatic carbocycles.